The molecule has 0 amide bonds. The molecule has 2 atom stereocenters. The van der Waals surface area contributed by atoms with E-state index < -0.39 is 5.41 Å². The van der Waals surface area contributed by atoms with E-state index in [1.165, 1.54) is 68.9 Å². The fraction of sp³-hybridized carbons (Fsp3) is 0.0577. The van der Waals surface area contributed by atoms with Crippen LogP contribution in [0.2, 0.25) is 0 Å². The van der Waals surface area contributed by atoms with Crippen LogP contribution in [-0.4, -0.2) is 15.0 Å². The summed E-state index contributed by atoms with van der Waals surface area (Å²) >= 11 is 3.68. The van der Waals surface area contributed by atoms with Crippen LogP contribution in [0.1, 0.15) is 45.5 Å². The van der Waals surface area contributed by atoms with E-state index in [4.69, 9.17) is 15.0 Å². The Hall–Kier alpha value is -6.40. The molecule has 12 rings (SSSR count). The highest BCUT2D eigenvalue weighted by molar-refractivity contribution is 7.99. The first kappa shape index (κ1) is 32.8. The highest BCUT2D eigenvalue weighted by Gasteiger charge is 2.50. The standard InChI is InChI=1S/C52H33N3S2/c1-2-15-32(16-3-1)34-17-4-5-20-38(34)50-53-49(54-51(55-50)39-22-14-21-37-36-19-7-11-26-45(36)57-48(37)39)33-29-30-42-40(31-33)35-18-6-8-23-41(35)52(42)43-24-9-12-27-46(43)56-47-28-13-10-25-44(47)52/h1-31,34,38H. The molecule has 0 saturated carbocycles. The van der Waals surface area contributed by atoms with Crippen LogP contribution in [0.15, 0.2) is 198 Å². The van der Waals surface area contributed by atoms with Crippen LogP contribution in [0.3, 0.4) is 0 Å². The van der Waals surface area contributed by atoms with Crippen molar-refractivity contribution in [1.29, 1.82) is 0 Å². The fourth-order valence-corrected chi connectivity index (χ4v) is 12.0. The molecule has 0 bridgehead atoms. The number of aromatic nitrogens is 3. The monoisotopic (exact) mass is 763 g/mol. The summed E-state index contributed by atoms with van der Waals surface area (Å²) in [5, 5.41) is 2.48. The van der Waals surface area contributed by atoms with Gasteiger partial charge >= 0.3 is 0 Å². The molecule has 0 saturated heterocycles. The number of nitrogens with zero attached hydrogens (tertiary/aromatic N) is 3. The molecule has 2 unspecified atom stereocenters. The second-order valence-corrected chi connectivity index (χ2v) is 17.1. The average Bonchev–Trinajstić information content (AvgIpc) is 3.80. The van der Waals surface area contributed by atoms with Crippen molar-refractivity contribution in [2.75, 3.05) is 0 Å². The molecule has 0 N–H and O–H groups in total. The Morgan fingerprint density at radius 2 is 1.09 bits per heavy atom. The van der Waals surface area contributed by atoms with Gasteiger partial charge in [-0.05, 0) is 69.3 Å². The van der Waals surface area contributed by atoms with Crippen molar-refractivity contribution in [2.24, 2.45) is 0 Å². The van der Waals surface area contributed by atoms with E-state index in [1.54, 1.807) is 11.3 Å². The minimum atomic E-state index is -0.433. The molecule has 0 radical (unpaired) electrons. The lowest BCUT2D eigenvalue weighted by atomic mass is 9.67. The minimum absolute atomic E-state index is 0.0642. The van der Waals surface area contributed by atoms with E-state index in [9.17, 15) is 0 Å². The topological polar surface area (TPSA) is 38.7 Å². The van der Waals surface area contributed by atoms with E-state index in [0.29, 0.717) is 11.6 Å². The van der Waals surface area contributed by atoms with Gasteiger partial charge in [0.05, 0.1) is 5.41 Å². The number of benzene rings is 7. The maximum absolute atomic E-state index is 5.40. The third kappa shape index (κ3) is 4.89. The van der Waals surface area contributed by atoms with Gasteiger partial charge in [-0.25, -0.2) is 15.0 Å². The highest BCUT2D eigenvalue weighted by Crippen LogP contribution is 2.62. The van der Waals surface area contributed by atoms with Gasteiger partial charge in [-0.2, -0.15) is 0 Å². The normalized spacial score (nSPS) is 17.1. The van der Waals surface area contributed by atoms with Crippen LogP contribution < -0.4 is 0 Å². The van der Waals surface area contributed by atoms with Gasteiger partial charge in [0.25, 0.3) is 0 Å². The number of fused-ring (bicyclic) bond motifs is 12. The molecule has 2 aliphatic carbocycles. The molecule has 3 nitrogen and oxygen atoms in total. The lowest BCUT2D eigenvalue weighted by Crippen LogP contribution is -2.31. The third-order valence-corrected chi connectivity index (χ3v) is 14.4. The summed E-state index contributed by atoms with van der Waals surface area (Å²) in [4.78, 5) is 18.8. The predicted octanol–water partition coefficient (Wildman–Crippen LogP) is 13.4. The number of hydrogen-bond acceptors (Lipinski definition) is 5. The van der Waals surface area contributed by atoms with Crippen molar-refractivity contribution >= 4 is 43.3 Å². The lowest BCUT2D eigenvalue weighted by molar-refractivity contribution is 0.678. The van der Waals surface area contributed by atoms with Gasteiger partial charge in [-0.3, -0.25) is 0 Å². The minimum Gasteiger partial charge on any atom is -0.212 e. The Labute approximate surface area is 339 Å². The maximum atomic E-state index is 5.40. The van der Waals surface area contributed by atoms with Crippen molar-refractivity contribution in [3.63, 3.8) is 0 Å². The molecule has 3 heterocycles. The van der Waals surface area contributed by atoms with Crippen LogP contribution in [0.4, 0.5) is 0 Å². The summed E-state index contributed by atoms with van der Waals surface area (Å²) in [5.74, 6) is 2.18. The molecule has 3 aliphatic rings. The van der Waals surface area contributed by atoms with E-state index in [1.807, 2.05) is 11.8 Å². The molecule has 57 heavy (non-hydrogen) atoms. The SMILES string of the molecule is C1=CC(c2ccccc2)C(c2nc(-c3ccc4c(c3)-c3ccccc3C43c4ccccc4Sc4ccccc43)nc(-c3cccc4c3sc3ccccc34)n2)C=C1. The molecule has 5 heteroatoms. The van der Waals surface area contributed by atoms with Crippen molar-refractivity contribution in [1.82, 2.24) is 15.0 Å². The van der Waals surface area contributed by atoms with Crippen molar-refractivity contribution in [3.8, 4) is 33.9 Å². The molecule has 1 aliphatic heterocycles. The van der Waals surface area contributed by atoms with E-state index in [-0.39, 0.29) is 11.8 Å². The predicted molar refractivity (Wildman–Crippen MR) is 235 cm³/mol. The zero-order valence-electron chi connectivity index (χ0n) is 30.7. The van der Waals surface area contributed by atoms with Gasteiger partial charge in [-0.1, -0.05) is 170 Å². The molecule has 0 fully saturated rings. The maximum Gasteiger partial charge on any atom is 0.165 e. The fourth-order valence-electron chi connectivity index (χ4n) is 9.56. The second-order valence-electron chi connectivity index (χ2n) is 15.0. The molecule has 7 aromatic carbocycles. The van der Waals surface area contributed by atoms with Crippen molar-refractivity contribution < 1.29 is 0 Å². The average molecular weight is 764 g/mol. The Bertz CT molecular complexity index is 3100. The third-order valence-electron chi connectivity index (χ3n) is 12.0. The number of allylic oxidation sites excluding steroid dienone is 4. The number of hydrogen-bond donors (Lipinski definition) is 0. The van der Waals surface area contributed by atoms with Crippen molar-refractivity contribution in [2.45, 2.75) is 27.0 Å². The molecule has 2 aromatic heterocycles. The lowest BCUT2D eigenvalue weighted by Gasteiger charge is -2.39. The van der Waals surface area contributed by atoms with Gasteiger partial charge in [0, 0.05) is 52.9 Å². The van der Waals surface area contributed by atoms with Gasteiger partial charge in [-0.15, -0.1) is 11.3 Å². The quantitative estimate of drug-likeness (QED) is 0.179. The molecular formula is C52H33N3S2. The molecule has 9 aromatic rings. The van der Waals surface area contributed by atoms with Crippen LogP contribution >= 0.6 is 23.1 Å². The zero-order valence-corrected chi connectivity index (χ0v) is 32.3. The van der Waals surface area contributed by atoms with Crippen LogP contribution in [0, 0.1) is 0 Å². The van der Waals surface area contributed by atoms with Gasteiger partial charge in [0.1, 0.15) is 5.82 Å². The number of rotatable bonds is 4. The summed E-state index contributed by atoms with van der Waals surface area (Å²) in [6.07, 6.45) is 8.80. The molecule has 268 valence electrons. The van der Waals surface area contributed by atoms with Gasteiger partial charge < -0.3 is 0 Å². The first-order valence-electron chi connectivity index (χ1n) is 19.4. The zero-order chi connectivity index (χ0) is 37.5. The molecule has 1 spiro atoms. The first-order chi connectivity index (χ1) is 28.3. The van der Waals surface area contributed by atoms with E-state index in [2.05, 4.69) is 188 Å². The number of thiophene rings is 1. The van der Waals surface area contributed by atoms with Crippen LogP contribution in [-0.2, 0) is 5.41 Å². The second kappa shape index (κ2) is 12.8. The summed E-state index contributed by atoms with van der Waals surface area (Å²) in [5.41, 5.74) is 10.6. The van der Waals surface area contributed by atoms with Crippen LogP contribution in [0.25, 0.3) is 54.1 Å². The van der Waals surface area contributed by atoms with Gasteiger partial charge in [0.15, 0.2) is 11.6 Å². The molecular weight excluding hydrogens is 731 g/mol. The highest BCUT2D eigenvalue weighted by atomic mass is 32.2. The van der Waals surface area contributed by atoms with Crippen LogP contribution in [0.5, 0.6) is 0 Å². The van der Waals surface area contributed by atoms with E-state index in [0.717, 1.165) is 17.0 Å². The first-order valence-corrected chi connectivity index (χ1v) is 21.1. The Balaban J connectivity index is 1.09. The Kier molecular flexibility index (Phi) is 7.38. The summed E-state index contributed by atoms with van der Waals surface area (Å²) in [6.45, 7) is 0. The largest absolute Gasteiger partial charge is 0.212 e. The summed E-state index contributed by atoms with van der Waals surface area (Å²) in [7, 11) is 0. The Morgan fingerprint density at radius 1 is 0.456 bits per heavy atom. The van der Waals surface area contributed by atoms with Gasteiger partial charge in [0.2, 0.25) is 0 Å². The van der Waals surface area contributed by atoms with E-state index >= 15 is 0 Å². The summed E-state index contributed by atoms with van der Waals surface area (Å²) < 4.78 is 2.45. The smallest absolute Gasteiger partial charge is 0.165 e. The Morgan fingerprint density at radius 3 is 1.91 bits per heavy atom. The summed E-state index contributed by atoms with van der Waals surface area (Å²) in [6, 6.07) is 59.7. The van der Waals surface area contributed by atoms with Crippen molar-refractivity contribution in [3.05, 3.63) is 222 Å².